The van der Waals surface area contributed by atoms with Gasteiger partial charge in [-0.3, -0.25) is 0 Å². The summed E-state index contributed by atoms with van der Waals surface area (Å²) in [6.07, 6.45) is 3.83. The number of hydrogen-bond donors (Lipinski definition) is 1. The summed E-state index contributed by atoms with van der Waals surface area (Å²) in [7, 11) is 0. The molecule has 1 N–H and O–H groups in total. The van der Waals surface area contributed by atoms with E-state index in [0.29, 0.717) is 0 Å². The Morgan fingerprint density at radius 3 is 2.44 bits per heavy atom. The van der Waals surface area contributed by atoms with E-state index in [2.05, 4.69) is 50.4 Å². The summed E-state index contributed by atoms with van der Waals surface area (Å²) in [5.74, 6) is 0. The number of aryl methyl sites for hydroxylation is 1. The summed E-state index contributed by atoms with van der Waals surface area (Å²) in [5, 5.41) is 3.38. The molecule has 1 rings (SSSR count). The molecule has 0 aliphatic rings. The molecule has 1 aromatic carbocycles. The Kier molecular flexibility index (Phi) is 7.70. The van der Waals surface area contributed by atoms with Gasteiger partial charge < -0.3 is 10.1 Å². The van der Waals surface area contributed by atoms with Crippen molar-refractivity contribution in [2.75, 3.05) is 19.7 Å². The SMILES string of the molecule is CCCCCOC(CNCC)c1ccc(C)cc1. The lowest BCUT2D eigenvalue weighted by molar-refractivity contribution is 0.0504. The average Bonchev–Trinajstić information content (AvgIpc) is 2.39. The highest BCUT2D eigenvalue weighted by Gasteiger charge is 2.10. The van der Waals surface area contributed by atoms with Crippen LogP contribution < -0.4 is 5.32 Å². The molecule has 0 aliphatic carbocycles. The molecule has 0 spiro atoms. The first kappa shape index (κ1) is 15.2. The topological polar surface area (TPSA) is 21.3 Å². The smallest absolute Gasteiger partial charge is 0.0949 e. The molecular formula is C16H27NO. The lowest BCUT2D eigenvalue weighted by Gasteiger charge is -2.19. The zero-order chi connectivity index (χ0) is 13.2. The Bertz CT molecular complexity index is 307. The molecule has 0 saturated heterocycles. The van der Waals surface area contributed by atoms with E-state index < -0.39 is 0 Å². The maximum absolute atomic E-state index is 6.01. The minimum atomic E-state index is 0.183. The number of rotatable bonds is 9. The monoisotopic (exact) mass is 249 g/mol. The Morgan fingerprint density at radius 1 is 1.11 bits per heavy atom. The van der Waals surface area contributed by atoms with E-state index in [1.165, 1.54) is 24.0 Å². The van der Waals surface area contributed by atoms with Crippen LogP contribution in [0.15, 0.2) is 24.3 Å². The van der Waals surface area contributed by atoms with Crippen LogP contribution in [0.3, 0.4) is 0 Å². The highest BCUT2D eigenvalue weighted by Crippen LogP contribution is 2.18. The van der Waals surface area contributed by atoms with Gasteiger partial charge in [0, 0.05) is 13.2 Å². The van der Waals surface area contributed by atoms with Crippen molar-refractivity contribution in [2.45, 2.75) is 46.1 Å². The second-order valence-corrected chi connectivity index (χ2v) is 4.78. The summed E-state index contributed by atoms with van der Waals surface area (Å²) >= 11 is 0. The summed E-state index contributed by atoms with van der Waals surface area (Å²) in [5.41, 5.74) is 2.57. The quantitative estimate of drug-likeness (QED) is 0.671. The van der Waals surface area contributed by atoms with Crippen molar-refractivity contribution in [3.63, 3.8) is 0 Å². The number of ether oxygens (including phenoxy) is 1. The van der Waals surface area contributed by atoms with E-state index in [9.17, 15) is 0 Å². The van der Waals surface area contributed by atoms with Crippen molar-refractivity contribution in [1.82, 2.24) is 5.32 Å². The van der Waals surface area contributed by atoms with Crippen LogP contribution in [0.2, 0.25) is 0 Å². The van der Waals surface area contributed by atoms with Gasteiger partial charge in [0.2, 0.25) is 0 Å². The van der Waals surface area contributed by atoms with Crippen molar-refractivity contribution >= 4 is 0 Å². The summed E-state index contributed by atoms with van der Waals surface area (Å²) in [6, 6.07) is 8.67. The van der Waals surface area contributed by atoms with Gasteiger partial charge in [0.25, 0.3) is 0 Å². The van der Waals surface area contributed by atoms with Crippen molar-refractivity contribution < 1.29 is 4.74 Å². The number of benzene rings is 1. The van der Waals surface area contributed by atoms with E-state index in [1.54, 1.807) is 0 Å². The van der Waals surface area contributed by atoms with E-state index >= 15 is 0 Å². The Morgan fingerprint density at radius 2 is 1.83 bits per heavy atom. The van der Waals surface area contributed by atoms with Crippen LogP contribution in [0.5, 0.6) is 0 Å². The summed E-state index contributed by atoms with van der Waals surface area (Å²) in [6.45, 7) is 9.20. The maximum atomic E-state index is 6.01. The molecule has 1 atom stereocenters. The predicted molar refractivity (Wildman–Crippen MR) is 77.9 cm³/mol. The molecule has 2 nitrogen and oxygen atoms in total. The molecule has 0 heterocycles. The third-order valence-electron chi connectivity index (χ3n) is 3.10. The highest BCUT2D eigenvalue weighted by atomic mass is 16.5. The maximum Gasteiger partial charge on any atom is 0.0949 e. The fourth-order valence-corrected chi connectivity index (χ4v) is 1.91. The molecule has 102 valence electrons. The van der Waals surface area contributed by atoms with E-state index in [0.717, 1.165) is 26.1 Å². The van der Waals surface area contributed by atoms with Crippen molar-refractivity contribution in [3.05, 3.63) is 35.4 Å². The second-order valence-electron chi connectivity index (χ2n) is 4.78. The van der Waals surface area contributed by atoms with Crippen molar-refractivity contribution in [1.29, 1.82) is 0 Å². The van der Waals surface area contributed by atoms with E-state index in [1.807, 2.05) is 0 Å². The Hall–Kier alpha value is -0.860. The van der Waals surface area contributed by atoms with Gasteiger partial charge in [-0.15, -0.1) is 0 Å². The fourth-order valence-electron chi connectivity index (χ4n) is 1.91. The third kappa shape index (κ3) is 5.65. The number of likely N-dealkylation sites (N-methyl/N-ethyl adjacent to an activating group) is 1. The van der Waals surface area contributed by atoms with Gasteiger partial charge >= 0.3 is 0 Å². The molecule has 0 saturated carbocycles. The zero-order valence-electron chi connectivity index (χ0n) is 12.0. The number of nitrogens with one attached hydrogen (secondary N) is 1. The molecule has 18 heavy (non-hydrogen) atoms. The molecule has 0 fully saturated rings. The second kappa shape index (κ2) is 9.12. The highest BCUT2D eigenvalue weighted by molar-refractivity contribution is 5.23. The summed E-state index contributed by atoms with van der Waals surface area (Å²) < 4.78 is 6.01. The first-order valence-electron chi connectivity index (χ1n) is 7.16. The van der Waals surface area contributed by atoms with Crippen molar-refractivity contribution in [2.24, 2.45) is 0 Å². The van der Waals surface area contributed by atoms with Crippen LogP contribution >= 0.6 is 0 Å². The molecule has 0 aliphatic heterocycles. The van der Waals surface area contributed by atoms with Gasteiger partial charge in [-0.05, 0) is 25.5 Å². The lowest BCUT2D eigenvalue weighted by Crippen LogP contribution is -2.23. The first-order valence-corrected chi connectivity index (χ1v) is 7.16. The van der Waals surface area contributed by atoms with E-state index in [4.69, 9.17) is 4.74 Å². The van der Waals surface area contributed by atoms with Gasteiger partial charge in [-0.25, -0.2) is 0 Å². The summed E-state index contributed by atoms with van der Waals surface area (Å²) in [4.78, 5) is 0. The molecule has 1 unspecified atom stereocenters. The van der Waals surface area contributed by atoms with E-state index in [-0.39, 0.29) is 6.10 Å². The average molecular weight is 249 g/mol. The number of unbranched alkanes of at least 4 members (excludes halogenated alkanes) is 2. The van der Waals surface area contributed by atoms with Gasteiger partial charge in [0.05, 0.1) is 6.10 Å². The number of hydrogen-bond acceptors (Lipinski definition) is 2. The first-order chi connectivity index (χ1) is 8.77. The molecule has 2 heteroatoms. The largest absolute Gasteiger partial charge is 0.372 e. The molecule has 0 radical (unpaired) electrons. The van der Waals surface area contributed by atoms with Gasteiger partial charge in [0.1, 0.15) is 0 Å². The third-order valence-corrected chi connectivity index (χ3v) is 3.10. The van der Waals surface area contributed by atoms with Crippen LogP contribution in [-0.2, 0) is 4.74 Å². The van der Waals surface area contributed by atoms with Crippen LogP contribution in [0.1, 0.15) is 50.3 Å². The Balaban J connectivity index is 2.51. The lowest BCUT2D eigenvalue weighted by atomic mass is 10.1. The standard InChI is InChI=1S/C16H27NO/c1-4-6-7-12-18-16(13-17-5-2)15-10-8-14(3)9-11-15/h8-11,16-17H,4-7,12-13H2,1-3H3. The van der Waals surface area contributed by atoms with Crippen LogP contribution in [0.4, 0.5) is 0 Å². The van der Waals surface area contributed by atoms with Crippen LogP contribution in [0.25, 0.3) is 0 Å². The normalized spacial score (nSPS) is 12.6. The Labute approximate surface area is 112 Å². The van der Waals surface area contributed by atoms with Gasteiger partial charge in [-0.2, -0.15) is 0 Å². The van der Waals surface area contributed by atoms with Gasteiger partial charge in [0.15, 0.2) is 0 Å². The molecule has 0 bridgehead atoms. The minimum Gasteiger partial charge on any atom is -0.372 e. The zero-order valence-corrected chi connectivity index (χ0v) is 12.0. The van der Waals surface area contributed by atoms with Crippen LogP contribution in [0, 0.1) is 6.92 Å². The van der Waals surface area contributed by atoms with Gasteiger partial charge in [-0.1, -0.05) is 56.5 Å². The van der Waals surface area contributed by atoms with Crippen molar-refractivity contribution in [3.8, 4) is 0 Å². The molecule has 0 amide bonds. The predicted octanol–water partition coefficient (Wildman–Crippen LogP) is 3.85. The molecule has 1 aromatic rings. The fraction of sp³-hybridized carbons (Fsp3) is 0.625. The molecule has 0 aromatic heterocycles. The molecular weight excluding hydrogens is 222 g/mol. The minimum absolute atomic E-state index is 0.183. The van der Waals surface area contributed by atoms with Crippen LogP contribution in [-0.4, -0.2) is 19.7 Å².